The molecule has 12 heavy (non-hydrogen) atoms. The Morgan fingerprint density at radius 3 is 3.00 bits per heavy atom. The maximum absolute atomic E-state index is 5.29. The maximum atomic E-state index is 5.29. The summed E-state index contributed by atoms with van der Waals surface area (Å²) in [5.74, 6) is 0. The Kier molecular flexibility index (Phi) is 1.86. The van der Waals surface area contributed by atoms with Crippen molar-refractivity contribution in [1.82, 2.24) is 10.2 Å². The Morgan fingerprint density at radius 1 is 1.33 bits per heavy atom. The van der Waals surface area contributed by atoms with Crippen molar-refractivity contribution in [3.63, 3.8) is 0 Å². The van der Waals surface area contributed by atoms with Crippen molar-refractivity contribution in [2.45, 2.75) is 6.10 Å². The van der Waals surface area contributed by atoms with Gasteiger partial charge >= 0.3 is 0 Å². The van der Waals surface area contributed by atoms with E-state index in [4.69, 9.17) is 4.74 Å². The molecule has 0 amide bonds. The van der Waals surface area contributed by atoms with Gasteiger partial charge in [0.1, 0.15) is 5.69 Å². The van der Waals surface area contributed by atoms with E-state index < -0.39 is 0 Å². The standard InChI is InChI=1S/C9H8N2O/c1-2-7-12-9(5-1)8-4-3-6-10-11-8/h1-7,9H. The van der Waals surface area contributed by atoms with E-state index in [2.05, 4.69) is 10.2 Å². The molecule has 1 aromatic heterocycles. The average Bonchev–Trinajstić information content (AvgIpc) is 2.21. The smallest absolute Gasteiger partial charge is 0.160 e. The molecule has 1 atom stereocenters. The van der Waals surface area contributed by atoms with Crippen LogP contribution in [0.4, 0.5) is 0 Å². The molecule has 2 rings (SSSR count). The zero-order chi connectivity index (χ0) is 8.23. The van der Waals surface area contributed by atoms with Crippen molar-refractivity contribution < 1.29 is 4.74 Å². The molecule has 3 nitrogen and oxygen atoms in total. The summed E-state index contributed by atoms with van der Waals surface area (Å²) in [5, 5.41) is 7.71. The highest BCUT2D eigenvalue weighted by Gasteiger charge is 2.09. The minimum atomic E-state index is -0.0799. The molecule has 2 heterocycles. The molecule has 0 radical (unpaired) electrons. The quantitative estimate of drug-likeness (QED) is 0.626. The van der Waals surface area contributed by atoms with E-state index in [1.165, 1.54) is 0 Å². The second-order valence-electron chi connectivity index (χ2n) is 2.42. The second kappa shape index (κ2) is 3.17. The molecule has 1 unspecified atom stereocenters. The number of ether oxygens (including phenoxy) is 1. The van der Waals surface area contributed by atoms with Gasteiger partial charge in [-0.25, -0.2) is 0 Å². The van der Waals surface area contributed by atoms with Crippen LogP contribution in [0.2, 0.25) is 0 Å². The molecule has 0 bridgehead atoms. The largest absolute Gasteiger partial charge is 0.488 e. The van der Waals surface area contributed by atoms with Crippen molar-refractivity contribution in [3.05, 3.63) is 48.5 Å². The third-order valence-corrected chi connectivity index (χ3v) is 1.59. The third-order valence-electron chi connectivity index (χ3n) is 1.59. The zero-order valence-corrected chi connectivity index (χ0v) is 6.42. The lowest BCUT2D eigenvalue weighted by molar-refractivity contribution is 0.181. The van der Waals surface area contributed by atoms with Crippen LogP contribution < -0.4 is 0 Å². The molecule has 60 valence electrons. The van der Waals surface area contributed by atoms with Crippen molar-refractivity contribution in [3.8, 4) is 0 Å². The zero-order valence-electron chi connectivity index (χ0n) is 6.42. The predicted octanol–water partition coefficient (Wildman–Crippen LogP) is 1.62. The SMILES string of the molecule is C1=COC(c2cccnn2)C=C1. The van der Waals surface area contributed by atoms with E-state index in [0.717, 1.165) is 5.69 Å². The summed E-state index contributed by atoms with van der Waals surface area (Å²) < 4.78 is 5.29. The topological polar surface area (TPSA) is 35.0 Å². The number of allylic oxidation sites excluding steroid dienone is 2. The Labute approximate surface area is 70.4 Å². The first-order chi connectivity index (χ1) is 5.97. The first-order valence-corrected chi connectivity index (χ1v) is 3.73. The average molecular weight is 160 g/mol. The van der Waals surface area contributed by atoms with Crippen LogP contribution in [0.5, 0.6) is 0 Å². The fraction of sp³-hybridized carbons (Fsp3) is 0.111. The monoisotopic (exact) mass is 160 g/mol. The van der Waals surface area contributed by atoms with Gasteiger partial charge in [-0.15, -0.1) is 0 Å². The van der Waals surface area contributed by atoms with Gasteiger partial charge in [0.25, 0.3) is 0 Å². The van der Waals surface area contributed by atoms with E-state index in [0.29, 0.717) is 0 Å². The normalized spacial score (nSPS) is 20.5. The molecule has 3 heteroatoms. The summed E-state index contributed by atoms with van der Waals surface area (Å²) in [4.78, 5) is 0. The second-order valence-corrected chi connectivity index (χ2v) is 2.42. The highest BCUT2D eigenvalue weighted by Crippen LogP contribution is 2.18. The van der Waals surface area contributed by atoms with Gasteiger partial charge in [0, 0.05) is 6.20 Å². The summed E-state index contributed by atoms with van der Waals surface area (Å²) in [6, 6.07) is 3.74. The lowest BCUT2D eigenvalue weighted by Gasteiger charge is -2.12. The molecule has 0 spiro atoms. The third kappa shape index (κ3) is 1.34. The van der Waals surface area contributed by atoms with Gasteiger partial charge in [-0.05, 0) is 24.3 Å². The molecule has 0 saturated carbocycles. The van der Waals surface area contributed by atoms with Crippen LogP contribution >= 0.6 is 0 Å². The molecule has 1 aliphatic heterocycles. The van der Waals surface area contributed by atoms with Crippen LogP contribution in [0.3, 0.4) is 0 Å². The summed E-state index contributed by atoms with van der Waals surface area (Å²) >= 11 is 0. The van der Waals surface area contributed by atoms with Crippen LogP contribution in [-0.2, 0) is 4.74 Å². The van der Waals surface area contributed by atoms with Crippen LogP contribution in [0.15, 0.2) is 42.8 Å². The predicted molar refractivity (Wildman–Crippen MR) is 44.1 cm³/mol. The Hall–Kier alpha value is -1.64. The fourth-order valence-electron chi connectivity index (χ4n) is 1.02. The van der Waals surface area contributed by atoms with E-state index >= 15 is 0 Å². The Morgan fingerprint density at radius 2 is 2.33 bits per heavy atom. The van der Waals surface area contributed by atoms with E-state index in [9.17, 15) is 0 Å². The molecular formula is C9H8N2O. The van der Waals surface area contributed by atoms with E-state index in [1.807, 2.05) is 30.4 Å². The molecular weight excluding hydrogens is 152 g/mol. The molecule has 0 N–H and O–H groups in total. The van der Waals surface area contributed by atoms with Crippen molar-refractivity contribution >= 4 is 0 Å². The van der Waals surface area contributed by atoms with Gasteiger partial charge in [-0.3, -0.25) is 0 Å². The molecule has 0 aliphatic carbocycles. The number of rotatable bonds is 1. The van der Waals surface area contributed by atoms with Gasteiger partial charge in [0.05, 0.1) is 6.26 Å². The molecule has 1 aromatic rings. The first-order valence-electron chi connectivity index (χ1n) is 3.73. The summed E-state index contributed by atoms with van der Waals surface area (Å²) in [6.45, 7) is 0. The minimum Gasteiger partial charge on any atom is -0.488 e. The highest BCUT2D eigenvalue weighted by molar-refractivity contribution is 5.16. The lowest BCUT2D eigenvalue weighted by atomic mass is 10.2. The van der Waals surface area contributed by atoms with Gasteiger partial charge in [0.2, 0.25) is 0 Å². The number of hydrogen-bond acceptors (Lipinski definition) is 3. The van der Waals surface area contributed by atoms with Crippen molar-refractivity contribution in [2.24, 2.45) is 0 Å². The summed E-state index contributed by atoms with van der Waals surface area (Å²) in [7, 11) is 0. The number of hydrogen-bond donors (Lipinski definition) is 0. The number of aromatic nitrogens is 2. The molecule has 0 aromatic carbocycles. The van der Waals surface area contributed by atoms with Gasteiger partial charge in [-0.1, -0.05) is 6.08 Å². The van der Waals surface area contributed by atoms with Gasteiger partial charge in [0.15, 0.2) is 6.10 Å². The summed E-state index contributed by atoms with van der Waals surface area (Å²) in [5.41, 5.74) is 0.832. The Balaban J connectivity index is 2.21. The Bertz CT molecular complexity index is 306. The van der Waals surface area contributed by atoms with E-state index in [1.54, 1.807) is 12.5 Å². The van der Waals surface area contributed by atoms with E-state index in [-0.39, 0.29) is 6.10 Å². The lowest BCUT2D eigenvalue weighted by Crippen LogP contribution is -2.02. The number of nitrogens with zero attached hydrogens (tertiary/aromatic N) is 2. The molecule has 0 saturated heterocycles. The first kappa shape index (κ1) is 7.03. The van der Waals surface area contributed by atoms with Gasteiger partial charge in [-0.2, -0.15) is 10.2 Å². The fourth-order valence-corrected chi connectivity index (χ4v) is 1.02. The van der Waals surface area contributed by atoms with Crippen molar-refractivity contribution in [2.75, 3.05) is 0 Å². The summed E-state index contributed by atoms with van der Waals surface area (Å²) in [6.07, 6.45) is 8.93. The molecule has 0 fully saturated rings. The van der Waals surface area contributed by atoms with Crippen LogP contribution in [0.25, 0.3) is 0 Å². The minimum absolute atomic E-state index is 0.0799. The van der Waals surface area contributed by atoms with Crippen LogP contribution in [-0.4, -0.2) is 10.2 Å². The molecule has 1 aliphatic rings. The van der Waals surface area contributed by atoms with Crippen LogP contribution in [0, 0.1) is 0 Å². The van der Waals surface area contributed by atoms with Crippen molar-refractivity contribution in [1.29, 1.82) is 0 Å². The highest BCUT2D eigenvalue weighted by atomic mass is 16.5. The van der Waals surface area contributed by atoms with Crippen LogP contribution in [0.1, 0.15) is 11.8 Å². The van der Waals surface area contributed by atoms with Gasteiger partial charge < -0.3 is 4.74 Å². The maximum Gasteiger partial charge on any atom is 0.160 e.